The number of hydrogen-bond acceptors (Lipinski definition) is 3. The number of halogens is 1. The van der Waals surface area contributed by atoms with Gasteiger partial charge in [-0.2, -0.15) is 0 Å². The lowest BCUT2D eigenvalue weighted by molar-refractivity contribution is -0.131. The largest absolute Gasteiger partial charge is 0.490 e. The van der Waals surface area contributed by atoms with Crippen LogP contribution in [0.15, 0.2) is 18.2 Å². The molecule has 0 aliphatic carbocycles. The van der Waals surface area contributed by atoms with E-state index in [0.717, 1.165) is 18.9 Å². The molecule has 0 bridgehead atoms. The monoisotopic (exact) mass is 296 g/mol. The van der Waals surface area contributed by atoms with Crippen LogP contribution in [0.2, 0.25) is 0 Å². The second-order valence-electron chi connectivity index (χ2n) is 4.64. The SMILES string of the molecule is CCCOc1cc(F)c(/C(C)=C/C(=O)O)cc1OCCC. The van der Waals surface area contributed by atoms with Gasteiger partial charge in [-0.05, 0) is 31.4 Å². The minimum absolute atomic E-state index is 0.201. The summed E-state index contributed by atoms with van der Waals surface area (Å²) in [5, 5.41) is 8.76. The first-order chi connectivity index (χ1) is 9.99. The van der Waals surface area contributed by atoms with Gasteiger partial charge in [0.15, 0.2) is 11.5 Å². The zero-order valence-electron chi connectivity index (χ0n) is 12.6. The Kier molecular flexibility index (Phi) is 6.72. The van der Waals surface area contributed by atoms with Crippen LogP contribution in [0.3, 0.4) is 0 Å². The molecule has 0 saturated carbocycles. The normalized spacial score (nSPS) is 11.3. The number of aliphatic carboxylic acids is 1. The lowest BCUT2D eigenvalue weighted by Gasteiger charge is -2.14. The first kappa shape index (κ1) is 17.0. The van der Waals surface area contributed by atoms with Gasteiger partial charge < -0.3 is 14.6 Å². The maximum absolute atomic E-state index is 14.1. The number of benzene rings is 1. The minimum Gasteiger partial charge on any atom is -0.490 e. The van der Waals surface area contributed by atoms with E-state index in [9.17, 15) is 9.18 Å². The Morgan fingerprint density at radius 2 is 1.71 bits per heavy atom. The molecule has 116 valence electrons. The molecule has 1 aromatic rings. The Bertz CT molecular complexity index is 523. The van der Waals surface area contributed by atoms with Crippen molar-refractivity contribution in [1.29, 1.82) is 0 Å². The molecular weight excluding hydrogens is 275 g/mol. The highest BCUT2D eigenvalue weighted by atomic mass is 19.1. The van der Waals surface area contributed by atoms with Crippen molar-refractivity contribution in [2.75, 3.05) is 13.2 Å². The molecule has 0 amide bonds. The molecule has 0 aromatic heterocycles. The van der Waals surface area contributed by atoms with Crippen molar-refractivity contribution in [1.82, 2.24) is 0 Å². The Hall–Kier alpha value is -2.04. The fourth-order valence-electron chi connectivity index (χ4n) is 1.75. The van der Waals surface area contributed by atoms with Crippen LogP contribution in [0, 0.1) is 5.82 Å². The summed E-state index contributed by atoms with van der Waals surface area (Å²) in [7, 11) is 0. The minimum atomic E-state index is -1.12. The molecule has 0 unspecified atom stereocenters. The van der Waals surface area contributed by atoms with Gasteiger partial charge in [0.1, 0.15) is 5.82 Å². The van der Waals surface area contributed by atoms with Crippen molar-refractivity contribution >= 4 is 11.5 Å². The van der Waals surface area contributed by atoms with Gasteiger partial charge in [0.25, 0.3) is 0 Å². The molecule has 4 nitrogen and oxygen atoms in total. The fraction of sp³-hybridized carbons (Fsp3) is 0.438. The Labute approximate surface area is 124 Å². The molecular formula is C16H21FO4. The van der Waals surface area contributed by atoms with Crippen molar-refractivity contribution in [2.45, 2.75) is 33.6 Å². The first-order valence-electron chi connectivity index (χ1n) is 7.00. The predicted molar refractivity (Wildman–Crippen MR) is 79.3 cm³/mol. The Morgan fingerprint density at radius 3 is 2.19 bits per heavy atom. The van der Waals surface area contributed by atoms with Crippen LogP contribution in [0.25, 0.3) is 5.57 Å². The third-order valence-electron chi connectivity index (χ3n) is 2.72. The van der Waals surface area contributed by atoms with Crippen LogP contribution < -0.4 is 9.47 Å². The van der Waals surface area contributed by atoms with Crippen molar-refractivity contribution in [2.24, 2.45) is 0 Å². The summed E-state index contributed by atoms with van der Waals surface area (Å²) in [4.78, 5) is 10.7. The van der Waals surface area contributed by atoms with E-state index in [-0.39, 0.29) is 5.56 Å². The van der Waals surface area contributed by atoms with Crippen molar-refractivity contribution in [3.63, 3.8) is 0 Å². The number of rotatable bonds is 8. The van der Waals surface area contributed by atoms with Crippen LogP contribution in [0.4, 0.5) is 4.39 Å². The molecule has 0 radical (unpaired) electrons. The second kappa shape index (κ2) is 8.29. The van der Waals surface area contributed by atoms with Crippen molar-refractivity contribution in [3.8, 4) is 11.5 Å². The molecule has 5 heteroatoms. The number of hydrogen-bond donors (Lipinski definition) is 1. The Morgan fingerprint density at radius 1 is 1.19 bits per heavy atom. The van der Waals surface area contributed by atoms with Gasteiger partial charge in [0, 0.05) is 17.7 Å². The topological polar surface area (TPSA) is 55.8 Å². The summed E-state index contributed by atoms with van der Waals surface area (Å²) < 4.78 is 25.2. The first-order valence-corrected chi connectivity index (χ1v) is 7.00. The quantitative estimate of drug-likeness (QED) is 0.739. The van der Waals surface area contributed by atoms with Crippen molar-refractivity contribution in [3.05, 3.63) is 29.6 Å². The molecule has 0 aliphatic heterocycles. The summed E-state index contributed by atoms with van der Waals surface area (Å²) in [6.45, 7) is 6.41. The van der Waals surface area contributed by atoms with Gasteiger partial charge in [-0.25, -0.2) is 9.18 Å². The summed E-state index contributed by atoms with van der Waals surface area (Å²) in [5.74, 6) is -0.872. The van der Waals surface area contributed by atoms with E-state index in [1.54, 1.807) is 6.92 Å². The molecule has 0 aliphatic rings. The van der Waals surface area contributed by atoms with E-state index in [1.165, 1.54) is 12.1 Å². The standard InChI is InChI=1S/C16H21FO4/c1-4-6-20-14-9-12(11(3)8-16(18)19)13(17)10-15(14)21-7-5-2/h8-10H,4-7H2,1-3H3,(H,18,19)/b11-8+. The highest BCUT2D eigenvalue weighted by Crippen LogP contribution is 2.33. The van der Waals surface area contributed by atoms with Gasteiger partial charge >= 0.3 is 5.97 Å². The third-order valence-corrected chi connectivity index (χ3v) is 2.72. The van der Waals surface area contributed by atoms with Crippen LogP contribution in [0.5, 0.6) is 11.5 Å². The van der Waals surface area contributed by atoms with Gasteiger partial charge in [-0.1, -0.05) is 13.8 Å². The molecule has 0 spiro atoms. The van der Waals surface area contributed by atoms with Crippen LogP contribution in [0.1, 0.15) is 39.2 Å². The van der Waals surface area contributed by atoms with Gasteiger partial charge in [-0.15, -0.1) is 0 Å². The second-order valence-corrected chi connectivity index (χ2v) is 4.64. The molecule has 1 N–H and O–H groups in total. The number of carboxylic acids is 1. The van der Waals surface area contributed by atoms with Gasteiger partial charge in [0.05, 0.1) is 13.2 Å². The average Bonchev–Trinajstić information content (AvgIpc) is 2.42. The number of ether oxygens (including phenoxy) is 2. The number of carbonyl (C=O) groups is 1. The molecule has 1 aromatic carbocycles. The third kappa shape index (κ3) is 5.10. The summed E-state index contributed by atoms with van der Waals surface area (Å²) in [6.07, 6.45) is 2.58. The summed E-state index contributed by atoms with van der Waals surface area (Å²) >= 11 is 0. The number of carboxylic acid groups (broad SMARTS) is 1. The highest BCUT2D eigenvalue weighted by Gasteiger charge is 2.14. The fourth-order valence-corrected chi connectivity index (χ4v) is 1.75. The molecule has 0 atom stereocenters. The lowest BCUT2D eigenvalue weighted by Crippen LogP contribution is -2.03. The molecule has 21 heavy (non-hydrogen) atoms. The molecule has 1 rings (SSSR count). The van der Waals surface area contributed by atoms with Crippen LogP contribution in [-0.2, 0) is 4.79 Å². The van der Waals surface area contributed by atoms with E-state index >= 15 is 0 Å². The van der Waals surface area contributed by atoms with E-state index < -0.39 is 11.8 Å². The summed E-state index contributed by atoms with van der Waals surface area (Å²) in [6, 6.07) is 2.74. The maximum Gasteiger partial charge on any atom is 0.328 e. The Balaban J connectivity index is 3.19. The zero-order chi connectivity index (χ0) is 15.8. The zero-order valence-corrected chi connectivity index (χ0v) is 12.6. The van der Waals surface area contributed by atoms with Crippen molar-refractivity contribution < 1.29 is 23.8 Å². The van der Waals surface area contributed by atoms with Gasteiger partial charge in [-0.3, -0.25) is 0 Å². The lowest BCUT2D eigenvalue weighted by atomic mass is 10.1. The smallest absolute Gasteiger partial charge is 0.328 e. The van der Waals surface area contributed by atoms with Gasteiger partial charge in [0.2, 0.25) is 0 Å². The van der Waals surface area contributed by atoms with E-state index in [0.29, 0.717) is 30.3 Å². The summed E-state index contributed by atoms with van der Waals surface area (Å²) in [5.41, 5.74) is 0.524. The predicted octanol–water partition coefficient (Wildman–Crippen LogP) is 3.89. The maximum atomic E-state index is 14.1. The van der Waals surface area contributed by atoms with Crippen LogP contribution in [-0.4, -0.2) is 24.3 Å². The van der Waals surface area contributed by atoms with E-state index in [2.05, 4.69) is 0 Å². The molecule has 0 fully saturated rings. The highest BCUT2D eigenvalue weighted by molar-refractivity contribution is 5.89. The molecule has 0 saturated heterocycles. The van der Waals surface area contributed by atoms with Crippen LogP contribution >= 0.6 is 0 Å². The van der Waals surface area contributed by atoms with E-state index in [4.69, 9.17) is 14.6 Å². The average molecular weight is 296 g/mol. The van der Waals surface area contributed by atoms with E-state index in [1.807, 2.05) is 13.8 Å². The molecule has 0 heterocycles. The number of allylic oxidation sites excluding steroid dienone is 1.